The van der Waals surface area contributed by atoms with Crippen LogP contribution in [0.5, 0.6) is 5.75 Å². The van der Waals surface area contributed by atoms with Gasteiger partial charge in [-0.05, 0) is 30.5 Å². The van der Waals surface area contributed by atoms with E-state index in [2.05, 4.69) is 4.90 Å². The molecule has 0 aromatic heterocycles. The van der Waals surface area contributed by atoms with Crippen LogP contribution in [0.2, 0.25) is 0 Å². The summed E-state index contributed by atoms with van der Waals surface area (Å²) >= 11 is 0. The number of rotatable bonds is 9. The Hall–Kier alpha value is -3.16. The Bertz CT molecular complexity index is 1030. The fourth-order valence-electron chi connectivity index (χ4n) is 4.49. The molecule has 2 saturated heterocycles. The number of hydrogen-bond donors (Lipinski definition) is 1. The first-order valence-corrected chi connectivity index (χ1v) is 12.0. The van der Waals surface area contributed by atoms with E-state index in [1.807, 2.05) is 37.3 Å². The minimum atomic E-state index is -0.671. The molecule has 4 rings (SSSR count). The van der Waals surface area contributed by atoms with E-state index >= 15 is 0 Å². The third-order valence-corrected chi connectivity index (χ3v) is 6.21. The maximum Gasteiger partial charge on any atom is 0.295 e. The second-order valence-electron chi connectivity index (χ2n) is 8.59. The number of ether oxygens (including phenoxy) is 2. The molecule has 180 valence electrons. The number of morpholine rings is 1. The number of likely N-dealkylation sites (tertiary alicyclic amines) is 1. The van der Waals surface area contributed by atoms with E-state index < -0.39 is 17.7 Å². The highest BCUT2D eigenvalue weighted by molar-refractivity contribution is 6.46. The second-order valence-corrected chi connectivity index (χ2v) is 8.59. The number of carbonyl (C=O) groups is 2. The normalized spacial score (nSPS) is 20.6. The predicted octanol–water partition coefficient (Wildman–Crippen LogP) is 3.62. The van der Waals surface area contributed by atoms with E-state index in [4.69, 9.17) is 9.47 Å². The largest absolute Gasteiger partial charge is 0.507 e. The summed E-state index contributed by atoms with van der Waals surface area (Å²) in [6, 6.07) is 15.7. The Balaban J connectivity index is 1.66. The molecule has 0 bridgehead atoms. The van der Waals surface area contributed by atoms with Crippen LogP contribution in [0.4, 0.5) is 0 Å². The number of aliphatic hydroxyl groups is 1. The lowest BCUT2D eigenvalue weighted by Crippen LogP contribution is -2.38. The number of benzene rings is 2. The number of nitrogens with zero attached hydrogens (tertiary/aromatic N) is 2. The number of aliphatic hydroxyl groups excluding tert-OH is 1. The highest BCUT2D eigenvalue weighted by Crippen LogP contribution is 2.40. The summed E-state index contributed by atoms with van der Waals surface area (Å²) in [6.45, 7) is 7.01. The molecule has 2 aliphatic rings. The van der Waals surface area contributed by atoms with Crippen LogP contribution in [0.15, 0.2) is 60.2 Å². The molecule has 7 nitrogen and oxygen atoms in total. The maximum absolute atomic E-state index is 13.2. The van der Waals surface area contributed by atoms with Crippen molar-refractivity contribution in [2.45, 2.75) is 25.8 Å². The van der Waals surface area contributed by atoms with Gasteiger partial charge >= 0.3 is 0 Å². The zero-order valence-electron chi connectivity index (χ0n) is 19.6. The van der Waals surface area contributed by atoms with Gasteiger partial charge in [0, 0.05) is 31.7 Å². The summed E-state index contributed by atoms with van der Waals surface area (Å²) in [6.07, 6.45) is 1.60. The Labute approximate surface area is 200 Å². The first-order valence-electron chi connectivity index (χ1n) is 12.0. The number of carbonyl (C=O) groups excluding carboxylic acids is 2. The smallest absolute Gasteiger partial charge is 0.295 e. The second kappa shape index (κ2) is 11.3. The third-order valence-electron chi connectivity index (χ3n) is 6.21. The van der Waals surface area contributed by atoms with Crippen molar-refractivity contribution >= 4 is 17.4 Å². The standard InChI is InChI=1S/C27H32N2O5/c1-2-16-34-22-11-6-10-21(19-22)24-23(25(30)20-8-4-3-5-9-20)26(31)27(32)29(24)13-7-12-28-14-17-33-18-15-28/h3-6,8-11,19,24,30H,2,7,12-18H2,1H3/b25-23+/t24-/m1/s1. The molecular formula is C27H32N2O5. The molecule has 2 heterocycles. The highest BCUT2D eigenvalue weighted by atomic mass is 16.5. The number of hydrogen-bond acceptors (Lipinski definition) is 6. The fourth-order valence-corrected chi connectivity index (χ4v) is 4.49. The van der Waals surface area contributed by atoms with Gasteiger partial charge in [0.25, 0.3) is 11.7 Å². The van der Waals surface area contributed by atoms with Crippen molar-refractivity contribution in [2.75, 3.05) is 46.0 Å². The molecule has 7 heteroatoms. The van der Waals surface area contributed by atoms with Crippen LogP contribution in [0.25, 0.3) is 5.76 Å². The number of ketones is 1. The van der Waals surface area contributed by atoms with Crippen LogP contribution in [0.1, 0.15) is 36.9 Å². The third kappa shape index (κ3) is 5.32. The van der Waals surface area contributed by atoms with Gasteiger partial charge < -0.3 is 19.5 Å². The van der Waals surface area contributed by atoms with Gasteiger partial charge in [0.15, 0.2) is 0 Å². The van der Waals surface area contributed by atoms with E-state index in [-0.39, 0.29) is 11.3 Å². The van der Waals surface area contributed by atoms with Crippen LogP contribution in [-0.2, 0) is 14.3 Å². The topological polar surface area (TPSA) is 79.3 Å². The van der Waals surface area contributed by atoms with Gasteiger partial charge in [0.05, 0.1) is 31.4 Å². The average molecular weight is 465 g/mol. The molecule has 0 spiro atoms. The highest BCUT2D eigenvalue weighted by Gasteiger charge is 2.45. The quantitative estimate of drug-likeness (QED) is 0.347. The lowest BCUT2D eigenvalue weighted by molar-refractivity contribution is -0.140. The van der Waals surface area contributed by atoms with E-state index in [0.29, 0.717) is 37.7 Å². The summed E-state index contributed by atoms with van der Waals surface area (Å²) in [4.78, 5) is 30.2. The van der Waals surface area contributed by atoms with Crippen LogP contribution in [-0.4, -0.2) is 72.6 Å². The van der Waals surface area contributed by atoms with Crippen molar-refractivity contribution < 1.29 is 24.2 Å². The molecule has 0 saturated carbocycles. The fraction of sp³-hybridized carbons (Fsp3) is 0.407. The number of amides is 1. The van der Waals surface area contributed by atoms with Crippen molar-refractivity contribution in [3.8, 4) is 5.75 Å². The summed E-state index contributed by atoms with van der Waals surface area (Å²) in [5, 5.41) is 11.1. The first-order chi connectivity index (χ1) is 16.6. The molecule has 34 heavy (non-hydrogen) atoms. The van der Waals surface area contributed by atoms with E-state index in [1.54, 1.807) is 29.2 Å². The minimum Gasteiger partial charge on any atom is -0.507 e. The van der Waals surface area contributed by atoms with Crippen molar-refractivity contribution in [3.63, 3.8) is 0 Å². The van der Waals surface area contributed by atoms with Crippen molar-refractivity contribution in [3.05, 3.63) is 71.3 Å². The molecule has 1 N–H and O–H groups in total. The molecular weight excluding hydrogens is 432 g/mol. The van der Waals surface area contributed by atoms with E-state index in [1.165, 1.54) is 0 Å². The van der Waals surface area contributed by atoms with Crippen LogP contribution in [0.3, 0.4) is 0 Å². The number of Topliss-reactive ketones (excluding diaryl/α,β-unsaturated/α-hetero) is 1. The van der Waals surface area contributed by atoms with Gasteiger partial charge in [0.2, 0.25) is 0 Å². The predicted molar refractivity (Wildman–Crippen MR) is 130 cm³/mol. The molecule has 0 radical (unpaired) electrons. The van der Waals surface area contributed by atoms with Crippen LogP contribution < -0.4 is 4.74 Å². The maximum atomic E-state index is 13.2. The van der Waals surface area contributed by atoms with Gasteiger partial charge in [-0.2, -0.15) is 0 Å². The Kier molecular flexibility index (Phi) is 7.98. The molecule has 0 unspecified atom stereocenters. The zero-order valence-corrected chi connectivity index (χ0v) is 19.6. The summed E-state index contributed by atoms with van der Waals surface area (Å²) in [7, 11) is 0. The first kappa shape index (κ1) is 24.0. The van der Waals surface area contributed by atoms with Crippen LogP contribution >= 0.6 is 0 Å². The van der Waals surface area contributed by atoms with Crippen LogP contribution in [0, 0.1) is 0 Å². The molecule has 2 aromatic rings. The van der Waals surface area contributed by atoms with Crippen molar-refractivity contribution in [1.82, 2.24) is 9.80 Å². The van der Waals surface area contributed by atoms with Gasteiger partial charge in [-0.3, -0.25) is 14.5 Å². The van der Waals surface area contributed by atoms with Gasteiger partial charge in [-0.25, -0.2) is 0 Å². The Morgan fingerprint density at radius 2 is 1.82 bits per heavy atom. The van der Waals surface area contributed by atoms with Gasteiger partial charge in [-0.15, -0.1) is 0 Å². The summed E-state index contributed by atoms with van der Waals surface area (Å²) in [5.74, 6) is -0.709. The summed E-state index contributed by atoms with van der Waals surface area (Å²) in [5.41, 5.74) is 1.38. The zero-order chi connectivity index (χ0) is 23.9. The molecule has 0 aliphatic carbocycles. The Morgan fingerprint density at radius 3 is 2.56 bits per heavy atom. The molecule has 2 fully saturated rings. The van der Waals surface area contributed by atoms with E-state index in [9.17, 15) is 14.7 Å². The minimum absolute atomic E-state index is 0.121. The molecule has 2 aromatic carbocycles. The average Bonchev–Trinajstić information content (AvgIpc) is 3.13. The summed E-state index contributed by atoms with van der Waals surface area (Å²) < 4.78 is 11.2. The molecule has 2 aliphatic heterocycles. The van der Waals surface area contributed by atoms with Crippen molar-refractivity contribution in [1.29, 1.82) is 0 Å². The SMILES string of the molecule is CCCOc1cccc([C@@H]2/C(=C(\O)c3ccccc3)C(=O)C(=O)N2CCCN2CCOCC2)c1. The Morgan fingerprint density at radius 1 is 1.06 bits per heavy atom. The monoisotopic (exact) mass is 464 g/mol. The van der Waals surface area contributed by atoms with Crippen molar-refractivity contribution in [2.24, 2.45) is 0 Å². The van der Waals surface area contributed by atoms with Gasteiger partial charge in [-0.1, -0.05) is 49.4 Å². The lowest BCUT2D eigenvalue weighted by Gasteiger charge is -2.29. The molecule has 1 atom stereocenters. The molecule has 1 amide bonds. The lowest BCUT2D eigenvalue weighted by atomic mass is 9.95. The van der Waals surface area contributed by atoms with E-state index in [0.717, 1.165) is 38.0 Å². The van der Waals surface area contributed by atoms with Gasteiger partial charge in [0.1, 0.15) is 11.5 Å².